The van der Waals surface area contributed by atoms with Crippen molar-refractivity contribution in [3.05, 3.63) is 47.0 Å². The van der Waals surface area contributed by atoms with Gasteiger partial charge in [-0.05, 0) is 31.5 Å². The Morgan fingerprint density at radius 1 is 1.14 bits per heavy atom. The van der Waals surface area contributed by atoms with E-state index >= 15 is 4.39 Å². The zero-order chi connectivity index (χ0) is 31.4. The molecule has 1 aliphatic rings. The van der Waals surface area contributed by atoms with Gasteiger partial charge in [0.2, 0.25) is 5.91 Å². The Hall–Kier alpha value is -4.02. The molecule has 9 nitrogen and oxygen atoms in total. The van der Waals surface area contributed by atoms with Crippen LogP contribution in [0.2, 0.25) is 0 Å². The molecular formula is C25H24F8N6O3. The number of carbonyl (C=O) groups is 2. The third-order valence-electron chi connectivity index (χ3n) is 7.00. The molecule has 4 N–H and O–H groups in total. The molecule has 0 saturated carbocycles. The van der Waals surface area contributed by atoms with Gasteiger partial charge in [0.05, 0.1) is 30.3 Å². The van der Waals surface area contributed by atoms with Gasteiger partial charge in [0, 0.05) is 23.2 Å². The highest BCUT2D eigenvalue weighted by Gasteiger charge is 2.52. The van der Waals surface area contributed by atoms with E-state index in [1.807, 2.05) is 0 Å². The lowest BCUT2D eigenvalue weighted by Crippen LogP contribution is -2.47. The average molecular weight is 608 g/mol. The lowest BCUT2D eigenvalue weighted by molar-refractivity contribution is -0.254. The van der Waals surface area contributed by atoms with Crippen LogP contribution in [0.25, 0.3) is 16.8 Å². The first-order valence-corrected chi connectivity index (χ1v) is 12.4. The molecule has 228 valence electrons. The summed E-state index contributed by atoms with van der Waals surface area (Å²) in [5.74, 6) is -3.71. The van der Waals surface area contributed by atoms with Crippen LogP contribution in [0.5, 0.6) is 0 Å². The monoisotopic (exact) mass is 608 g/mol. The summed E-state index contributed by atoms with van der Waals surface area (Å²) in [6.45, 7) is 0.674. The van der Waals surface area contributed by atoms with Gasteiger partial charge >= 0.3 is 12.4 Å². The van der Waals surface area contributed by atoms with Gasteiger partial charge in [-0.2, -0.15) is 31.4 Å². The summed E-state index contributed by atoms with van der Waals surface area (Å²) in [5.41, 5.74) is -0.495. The molecule has 1 fully saturated rings. The fourth-order valence-electron chi connectivity index (χ4n) is 4.69. The second-order valence-electron chi connectivity index (χ2n) is 10.0. The molecule has 0 spiro atoms. The van der Waals surface area contributed by atoms with Crippen LogP contribution in [0.4, 0.5) is 40.9 Å². The second kappa shape index (κ2) is 10.7. The Morgan fingerprint density at radius 2 is 1.81 bits per heavy atom. The molecule has 42 heavy (non-hydrogen) atoms. The van der Waals surface area contributed by atoms with E-state index in [2.05, 4.69) is 15.4 Å². The summed E-state index contributed by atoms with van der Waals surface area (Å²) in [4.78, 5) is 29.8. The standard InChI is InChI=1S/C25H24F8N6O3/c1-3-12-13(22(41)37-17-9-38(8-16(17)27)19(40)7-23(2,42)25(31,32)33)4-11(5-15(12)26)18-6-14(24(28,29)30)20-21(34)35-10-36-39(18)20/h4-6,10,16-17,42H,3,7-9H2,1-2H3,(H,37,41)(H2,34,35,36)/t16-,17+,23?/m0/s1. The van der Waals surface area contributed by atoms with Crippen LogP contribution >= 0.6 is 0 Å². The number of alkyl halides is 7. The molecular weight excluding hydrogens is 584 g/mol. The molecule has 3 atom stereocenters. The Labute approximate surface area is 232 Å². The number of aromatic nitrogens is 3. The number of carbonyl (C=O) groups excluding carboxylic acids is 2. The fraction of sp³-hybridized carbons (Fsp3) is 0.440. The quantitative estimate of drug-likeness (QED) is 0.367. The summed E-state index contributed by atoms with van der Waals surface area (Å²) >= 11 is 0. The van der Waals surface area contributed by atoms with E-state index in [-0.39, 0.29) is 28.8 Å². The molecule has 1 unspecified atom stereocenters. The lowest BCUT2D eigenvalue weighted by atomic mass is 9.98. The predicted octanol–water partition coefficient (Wildman–Crippen LogP) is 3.68. The molecule has 0 bridgehead atoms. The van der Waals surface area contributed by atoms with Gasteiger partial charge in [0.25, 0.3) is 5.91 Å². The molecule has 2 amide bonds. The maximum Gasteiger partial charge on any atom is 0.418 e. The molecule has 0 aliphatic carbocycles. The van der Waals surface area contributed by atoms with Gasteiger partial charge in [-0.3, -0.25) is 9.59 Å². The van der Waals surface area contributed by atoms with Gasteiger partial charge < -0.3 is 21.1 Å². The third-order valence-corrected chi connectivity index (χ3v) is 7.00. The number of nitrogens with zero attached hydrogens (tertiary/aromatic N) is 4. The maximum absolute atomic E-state index is 15.2. The van der Waals surface area contributed by atoms with E-state index < -0.39 is 84.2 Å². The number of nitrogens with two attached hydrogens (primary N) is 1. The highest BCUT2D eigenvalue weighted by Crippen LogP contribution is 2.39. The molecule has 1 saturated heterocycles. The van der Waals surface area contributed by atoms with Gasteiger partial charge in [-0.1, -0.05) is 6.92 Å². The number of nitrogens with one attached hydrogen (secondary N) is 1. The molecule has 3 heterocycles. The van der Waals surface area contributed by atoms with Crippen molar-refractivity contribution in [2.24, 2.45) is 0 Å². The topological polar surface area (TPSA) is 126 Å². The van der Waals surface area contributed by atoms with Crippen molar-refractivity contribution in [2.75, 3.05) is 18.8 Å². The van der Waals surface area contributed by atoms with Gasteiger partial charge in [-0.25, -0.2) is 18.3 Å². The summed E-state index contributed by atoms with van der Waals surface area (Å²) in [6.07, 6.45) is -12.5. The number of hydrogen-bond donors (Lipinski definition) is 3. The van der Waals surface area contributed by atoms with Crippen LogP contribution in [0, 0.1) is 5.82 Å². The van der Waals surface area contributed by atoms with E-state index in [4.69, 9.17) is 5.73 Å². The van der Waals surface area contributed by atoms with Gasteiger partial charge in [0.15, 0.2) is 11.4 Å². The number of nitrogen functional groups attached to an aromatic ring is 1. The van der Waals surface area contributed by atoms with Crippen LogP contribution in [0.15, 0.2) is 24.5 Å². The van der Waals surface area contributed by atoms with E-state index in [1.54, 1.807) is 0 Å². The summed E-state index contributed by atoms with van der Waals surface area (Å²) in [6, 6.07) is 1.24. The van der Waals surface area contributed by atoms with E-state index in [0.717, 1.165) is 23.0 Å². The van der Waals surface area contributed by atoms with Crippen LogP contribution in [-0.2, 0) is 17.4 Å². The first-order valence-electron chi connectivity index (χ1n) is 12.4. The minimum atomic E-state index is -5.12. The molecule has 3 aromatic rings. The number of hydrogen-bond acceptors (Lipinski definition) is 6. The summed E-state index contributed by atoms with van der Waals surface area (Å²) in [7, 11) is 0. The Bertz CT molecular complexity index is 1540. The van der Waals surface area contributed by atoms with Crippen molar-refractivity contribution in [3.63, 3.8) is 0 Å². The van der Waals surface area contributed by atoms with Crippen LogP contribution in [0.3, 0.4) is 0 Å². The normalized spacial score (nSPS) is 19.3. The Balaban J connectivity index is 1.65. The van der Waals surface area contributed by atoms with Crippen molar-refractivity contribution in [1.29, 1.82) is 0 Å². The zero-order valence-electron chi connectivity index (χ0n) is 21.9. The minimum absolute atomic E-state index is 0.0481. The van der Waals surface area contributed by atoms with Crippen molar-refractivity contribution >= 4 is 23.1 Å². The number of rotatable bonds is 6. The summed E-state index contributed by atoms with van der Waals surface area (Å²) in [5, 5.41) is 15.7. The van der Waals surface area contributed by atoms with E-state index in [1.165, 1.54) is 6.92 Å². The van der Waals surface area contributed by atoms with Crippen LogP contribution in [-0.4, -0.2) is 73.5 Å². The Kier molecular flexibility index (Phi) is 7.86. The highest BCUT2D eigenvalue weighted by atomic mass is 19.4. The third kappa shape index (κ3) is 5.69. The largest absolute Gasteiger partial charge is 0.418 e. The number of anilines is 1. The number of benzene rings is 1. The second-order valence-corrected chi connectivity index (χ2v) is 10.0. The maximum atomic E-state index is 15.2. The molecule has 2 aromatic heterocycles. The minimum Gasteiger partial charge on any atom is -0.382 e. The van der Waals surface area contributed by atoms with Crippen molar-refractivity contribution < 1.29 is 49.8 Å². The number of halogens is 8. The summed E-state index contributed by atoms with van der Waals surface area (Å²) < 4.78 is 111. The lowest BCUT2D eigenvalue weighted by Gasteiger charge is -2.27. The average Bonchev–Trinajstić information content (AvgIpc) is 3.44. The molecule has 4 rings (SSSR count). The zero-order valence-corrected chi connectivity index (χ0v) is 21.9. The van der Waals surface area contributed by atoms with Gasteiger partial charge in [0.1, 0.15) is 23.8 Å². The van der Waals surface area contributed by atoms with Crippen molar-refractivity contribution in [1.82, 2.24) is 24.8 Å². The Morgan fingerprint density at radius 3 is 2.40 bits per heavy atom. The fourth-order valence-corrected chi connectivity index (χ4v) is 4.69. The number of likely N-dealkylation sites (tertiary alicyclic amines) is 1. The smallest absolute Gasteiger partial charge is 0.382 e. The molecule has 1 aliphatic heterocycles. The van der Waals surface area contributed by atoms with Crippen LogP contribution < -0.4 is 11.1 Å². The van der Waals surface area contributed by atoms with Gasteiger partial charge in [-0.15, -0.1) is 0 Å². The molecule has 0 radical (unpaired) electrons. The van der Waals surface area contributed by atoms with E-state index in [0.29, 0.717) is 17.9 Å². The predicted molar refractivity (Wildman–Crippen MR) is 131 cm³/mol. The number of amides is 2. The van der Waals surface area contributed by atoms with E-state index in [9.17, 15) is 45.4 Å². The SMILES string of the molecule is CCc1c(F)cc(-c2cc(C(F)(F)F)c3c(N)ncnn23)cc1C(=O)N[C@@H]1CN(C(=O)CC(C)(O)C(F)(F)F)C[C@@H]1F. The molecule has 17 heteroatoms. The molecule has 1 aromatic carbocycles. The van der Waals surface area contributed by atoms with Crippen LogP contribution in [0.1, 0.15) is 41.8 Å². The number of fused-ring (bicyclic) bond motifs is 1. The first-order chi connectivity index (χ1) is 19.4. The highest BCUT2D eigenvalue weighted by molar-refractivity contribution is 5.97. The number of aliphatic hydroxyl groups is 1. The van der Waals surface area contributed by atoms with Crippen molar-refractivity contribution in [2.45, 2.75) is 56.9 Å². The first kappa shape index (κ1) is 30.9. The van der Waals surface area contributed by atoms with Crippen molar-refractivity contribution in [3.8, 4) is 11.3 Å².